The minimum Gasteiger partial charge on any atom is -0.506 e. The van der Waals surface area contributed by atoms with Crippen molar-refractivity contribution >= 4 is 93.0 Å². The normalized spacial score (nSPS) is 12.8. The summed E-state index contributed by atoms with van der Waals surface area (Å²) in [5, 5.41) is 31.0. The van der Waals surface area contributed by atoms with E-state index in [9.17, 15) is 49.8 Å². The van der Waals surface area contributed by atoms with Crippen molar-refractivity contribution in [2.75, 3.05) is 11.1 Å². The molecule has 1 radical (unpaired) electrons. The van der Waals surface area contributed by atoms with Gasteiger partial charge in [0.2, 0.25) is 11.2 Å². The fraction of sp³-hybridized carbons (Fsp3) is 0.0417. The molecule has 0 aliphatic rings. The number of fused-ring (bicyclic) bond motifs is 2. The summed E-state index contributed by atoms with van der Waals surface area (Å²) in [6.07, 6.45) is 0. The Kier molecular flexibility index (Phi) is 9.62. The van der Waals surface area contributed by atoms with Gasteiger partial charge in [0.1, 0.15) is 43.6 Å². The maximum atomic E-state index is 12.2. The molecule has 0 fully saturated rings. The van der Waals surface area contributed by atoms with E-state index in [1.807, 2.05) is 0 Å². The number of nitrogens with one attached hydrogen (secondary N) is 1. The van der Waals surface area contributed by atoms with Crippen LogP contribution in [-0.2, 0) is 37.3 Å². The number of rotatable bonds is 7. The number of phenolic OH excluding ortho intramolecular Hbond substituents is 2. The third-order valence-corrected chi connectivity index (χ3v) is 9.24. The number of phenols is 2. The van der Waals surface area contributed by atoms with Gasteiger partial charge < -0.3 is 34.9 Å². The summed E-state index contributed by atoms with van der Waals surface area (Å²) in [6, 6.07) is 7.32. The summed E-state index contributed by atoms with van der Waals surface area (Å²) in [6.45, 7) is 1.56. The Morgan fingerprint density at radius 1 is 0.787 bits per heavy atom. The van der Waals surface area contributed by atoms with E-state index in [1.54, 1.807) is 6.92 Å². The number of nitrogens with two attached hydrogens (primary N) is 1. The number of hydrogen-bond donors (Lipinski definition) is 9. The fourth-order valence-electron chi connectivity index (χ4n) is 4.47. The van der Waals surface area contributed by atoms with E-state index in [4.69, 9.17) is 17.3 Å². The molecular weight excluding hydrogens is 758 g/mol. The molecule has 0 aliphatic heterocycles. The van der Waals surface area contributed by atoms with Crippen LogP contribution in [0.2, 0.25) is 5.28 Å². The SMILES string of the molecule is Cc1nc(Cl)nc(Nc2ccc3c(N=Nc4ccc5c(S(=O)(=O)O)cc(S(O)(O)O)c(N)c5c4O)c(O)cc(S(=O)(=O)O)c3c2)n1.[Cu]. The van der Waals surface area contributed by atoms with Gasteiger partial charge >= 0.3 is 0 Å². The Bertz CT molecular complexity index is 2340. The summed E-state index contributed by atoms with van der Waals surface area (Å²) in [5.41, 5.74) is 4.69. The molecule has 253 valence electrons. The van der Waals surface area contributed by atoms with E-state index in [1.165, 1.54) is 18.2 Å². The van der Waals surface area contributed by atoms with Gasteiger partial charge in [0, 0.05) is 45.0 Å². The number of halogens is 1. The average molecular weight is 778 g/mol. The molecule has 23 heteroatoms. The molecule has 0 bridgehead atoms. The quantitative estimate of drug-likeness (QED) is 0.0434. The first-order valence-corrected chi connectivity index (χ1v) is 16.9. The van der Waals surface area contributed by atoms with Crippen molar-refractivity contribution in [3.63, 3.8) is 0 Å². The fourth-order valence-corrected chi connectivity index (χ4v) is 6.85. The van der Waals surface area contributed by atoms with Gasteiger partial charge in [0.15, 0.2) is 5.75 Å². The molecule has 47 heavy (non-hydrogen) atoms. The van der Waals surface area contributed by atoms with Gasteiger partial charge in [-0.2, -0.15) is 26.8 Å². The third-order valence-electron chi connectivity index (χ3n) is 6.35. The Labute approximate surface area is 281 Å². The van der Waals surface area contributed by atoms with Crippen LogP contribution in [-0.4, -0.2) is 64.8 Å². The van der Waals surface area contributed by atoms with Gasteiger partial charge in [-0.05, 0) is 48.9 Å². The molecule has 1 heterocycles. The number of nitrogen functional groups attached to an aromatic ring is 1. The minimum atomic E-state index is -5.05. The number of aromatic nitrogens is 3. The Hall–Kier alpha value is -3.93. The van der Waals surface area contributed by atoms with Crippen LogP contribution in [0.25, 0.3) is 21.5 Å². The number of aromatic hydroxyl groups is 2. The molecule has 4 aromatic carbocycles. The van der Waals surface area contributed by atoms with Crippen LogP contribution in [0.4, 0.5) is 28.7 Å². The molecule has 0 unspecified atom stereocenters. The molecule has 0 spiro atoms. The van der Waals surface area contributed by atoms with Crippen LogP contribution in [0.3, 0.4) is 0 Å². The van der Waals surface area contributed by atoms with Crippen molar-refractivity contribution < 1.29 is 66.9 Å². The van der Waals surface area contributed by atoms with Crippen molar-refractivity contribution in [2.45, 2.75) is 21.6 Å². The second kappa shape index (κ2) is 12.6. The summed E-state index contributed by atoms with van der Waals surface area (Å²) >= 11 is 5.87. The molecule has 0 aliphatic carbocycles. The van der Waals surface area contributed by atoms with Crippen LogP contribution >= 0.6 is 22.5 Å². The average Bonchev–Trinajstić information content (AvgIpc) is 2.90. The summed E-state index contributed by atoms with van der Waals surface area (Å²) in [5.74, 6) is -1.36. The first-order chi connectivity index (χ1) is 21.3. The van der Waals surface area contributed by atoms with E-state index in [0.717, 1.165) is 12.1 Å². The van der Waals surface area contributed by atoms with Crippen molar-refractivity contribution in [1.82, 2.24) is 15.0 Å². The molecular formula is C24H20ClCuN7O11S3. The number of aryl methyl sites for hydroxylation is 1. The van der Waals surface area contributed by atoms with E-state index >= 15 is 0 Å². The maximum Gasteiger partial charge on any atom is 0.295 e. The molecule has 10 N–H and O–H groups in total. The number of hydrogen-bond acceptors (Lipinski definition) is 16. The molecule has 0 amide bonds. The third kappa shape index (κ3) is 7.17. The van der Waals surface area contributed by atoms with Crippen LogP contribution in [0.5, 0.6) is 11.5 Å². The zero-order chi connectivity index (χ0) is 33.9. The molecule has 5 aromatic rings. The first-order valence-electron chi connectivity index (χ1n) is 12.2. The van der Waals surface area contributed by atoms with Gasteiger partial charge in [-0.1, -0.05) is 6.07 Å². The van der Waals surface area contributed by atoms with Crippen LogP contribution in [0, 0.1) is 6.92 Å². The molecule has 0 atom stereocenters. The second-order valence-corrected chi connectivity index (χ2v) is 14.0. The molecule has 18 nitrogen and oxygen atoms in total. The summed E-state index contributed by atoms with van der Waals surface area (Å²) in [4.78, 5) is 9.28. The topological polar surface area (TPSA) is 311 Å². The smallest absolute Gasteiger partial charge is 0.295 e. The summed E-state index contributed by atoms with van der Waals surface area (Å²) < 4.78 is 97.3. The number of nitrogens with zero attached hydrogens (tertiary/aromatic N) is 5. The predicted octanol–water partition coefficient (Wildman–Crippen LogP) is 5.37. The number of azo groups is 1. The van der Waals surface area contributed by atoms with Crippen LogP contribution in [0.15, 0.2) is 67.4 Å². The standard InChI is InChI=1S/C24H20ClN7O11S3.Cu/c1-9-27-23(25)30-24(28-9)29-10-2-3-11-13(6-10)16(44(35,36)37)7-15(33)21(11)32-31-14-5-4-12-17(45(38,39)40)8-18(46(41,42)43)20(26)19(12)22(14)34;/h2-8,33-34,41-43H,26H2,1H3,(H,35,36,37)(H,38,39,40)(H,27,28,29,30);. The van der Waals surface area contributed by atoms with Gasteiger partial charge in [-0.25, -0.2) is 4.98 Å². The monoisotopic (exact) mass is 776 g/mol. The van der Waals surface area contributed by atoms with Crippen LogP contribution in [0.1, 0.15) is 5.82 Å². The van der Waals surface area contributed by atoms with E-state index in [-0.39, 0.29) is 61.7 Å². The van der Waals surface area contributed by atoms with Crippen LogP contribution < -0.4 is 11.1 Å². The van der Waals surface area contributed by atoms with Crippen molar-refractivity contribution in [3.05, 3.63) is 53.6 Å². The van der Waals surface area contributed by atoms with Crippen molar-refractivity contribution in [2.24, 2.45) is 10.2 Å². The largest absolute Gasteiger partial charge is 0.506 e. The molecule has 0 saturated carbocycles. The van der Waals surface area contributed by atoms with Crippen molar-refractivity contribution in [3.8, 4) is 11.5 Å². The van der Waals surface area contributed by atoms with Gasteiger partial charge in [-0.3, -0.25) is 9.11 Å². The van der Waals surface area contributed by atoms with Crippen molar-refractivity contribution in [1.29, 1.82) is 0 Å². The Morgan fingerprint density at radius 3 is 2.00 bits per heavy atom. The van der Waals surface area contributed by atoms with E-state index < -0.39 is 74.1 Å². The van der Waals surface area contributed by atoms with Gasteiger partial charge in [-0.15, -0.1) is 10.2 Å². The zero-order valence-electron chi connectivity index (χ0n) is 23.0. The van der Waals surface area contributed by atoms with E-state index in [2.05, 4.69) is 30.5 Å². The number of benzene rings is 4. The number of anilines is 3. The summed E-state index contributed by atoms with van der Waals surface area (Å²) in [7, 11) is -14.6. The second-order valence-electron chi connectivity index (χ2n) is 9.41. The zero-order valence-corrected chi connectivity index (χ0v) is 27.2. The minimum absolute atomic E-state index is 0. The molecule has 1 aromatic heterocycles. The van der Waals surface area contributed by atoms with E-state index in [0.29, 0.717) is 12.1 Å². The predicted molar refractivity (Wildman–Crippen MR) is 166 cm³/mol. The Morgan fingerprint density at radius 2 is 1.40 bits per heavy atom. The van der Waals surface area contributed by atoms with Gasteiger partial charge in [0.05, 0.1) is 16.0 Å². The maximum absolute atomic E-state index is 12.2. The van der Waals surface area contributed by atoms with Gasteiger partial charge in [0.25, 0.3) is 20.2 Å². The first kappa shape index (κ1) is 35.9. The molecule has 5 rings (SSSR count). The molecule has 0 saturated heterocycles. The Balaban J connectivity index is 0.00000500.